The molecule has 1 aromatic carbocycles. The molecular weight excluding hydrogens is 320 g/mol. The molecule has 0 unspecified atom stereocenters. The van der Waals surface area contributed by atoms with E-state index in [4.69, 9.17) is 9.47 Å². The number of carbonyl (C=O) groups is 1. The van der Waals surface area contributed by atoms with Gasteiger partial charge in [-0.1, -0.05) is 26.0 Å². The quantitative estimate of drug-likeness (QED) is 0.772. The topological polar surface area (TPSA) is 75.8 Å². The van der Waals surface area contributed by atoms with Crippen LogP contribution in [0.1, 0.15) is 32.3 Å². The summed E-state index contributed by atoms with van der Waals surface area (Å²) in [6.07, 6.45) is 3.18. The van der Waals surface area contributed by atoms with E-state index in [0.717, 1.165) is 24.3 Å². The molecule has 2 aliphatic heterocycles. The van der Waals surface area contributed by atoms with Gasteiger partial charge in [0.15, 0.2) is 11.5 Å². The number of nitrogens with zero attached hydrogens (tertiary/aromatic N) is 4. The van der Waals surface area contributed by atoms with Crippen molar-refractivity contribution in [1.82, 2.24) is 5.01 Å². The third-order valence-corrected chi connectivity index (χ3v) is 4.02. The first-order valence-electron chi connectivity index (χ1n) is 8.14. The largest absolute Gasteiger partial charge is 0.493 e. The number of carbonyl (C=O) groups excluding carboxylic acids is 1. The molecule has 2 aliphatic rings. The number of methoxy groups -OCH3 is 2. The maximum Gasteiger partial charge on any atom is 0.299 e. The molecule has 0 aliphatic carbocycles. The molecule has 0 bridgehead atoms. The molecule has 25 heavy (non-hydrogen) atoms. The van der Waals surface area contributed by atoms with Gasteiger partial charge in [-0.05, 0) is 25.0 Å². The van der Waals surface area contributed by atoms with Gasteiger partial charge in [-0.25, -0.2) is 4.99 Å². The van der Waals surface area contributed by atoms with Gasteiger partial charge in [-0.2, -0.15) is 15.1 Å². The van der Waals surface area contributed by atoms with Crippen LogP contribution in [-0.2, 0) is 4.79 Å². The zero-order chi connectivity index (χ0) is 18.0. The summed E-state index contributed by atoms with van der Waals surface area (Å²) in [5, 5.41) is 6.07. The summed E-state index contributed by atoms with van der Waals surface area (Å²) in [6.45, 7) is 4.02. The number of benzene rings is 1. The zero-order valence-corrected chi connectivity index (χ0v) is 14.7. The second-order valence-electron chi connectivity index (χ2n) is 5.45. The summed E-state index contributed by atoms with van der Waals surface area (Å²) < 4.78 is 10.7. The van der Waals surface area contributed by atoms with Crippen molar-refractivity contribution in [1.29, 1.82) is 0 Å². The summed E-state index contributed by atoms with van der Waals surface area (Å²) in [5.41, 5.74) is 2.77. The number of aliphatic imine (C=N–C) groups is 2. The Morgan fingerprint density at radius 1 is 1.08 bits per heavy atom. The van der Waals surface area contributed by atoms with Crippen molar-refractivity contribution in [2.45, 2.75) is 26.7 Å². The fourth-order valence-electron chi connectivity index (χ4n) is 2.78. The standard InChI is InChI=1S/C18H20N4O3/c1-5-12-13(6-2)21-22-14(17(23)20-18(22)19-12)10-11-8-7-9-15(24-3)16(11)25-4/h7-10H,5-6H2,1-4H3. The molecule has 3 rings (SSSR count). The molecule has 0 aromatic heterocycles. The van der Waals surface area contributed by atoms with E-state index >= 15 is 0 Å². The Bertz CT molecular complexity index is 837. The van der Waals surface area contributed by atoms with Crippen LogP contribution in [0.15, 0.2) is 39.0 Å². The van der Waals surface area contributed by atoms with Crippen molar-refractivity contribution in [3.05, 3.63) is 29.5 Å². The van der Waals surface area contributed by atoms with Gasteiger partial charge in [-0.15, -0.1) is 0 Å². The maximum absolute atomic E-state index is 12.4. The highest BCUT2D eigenvalue weighted by Crippen LogP contribution is 2.34. The first-order valence-corrected chi connectivity index (χ1v) is 8.14. The lowest BCUT2D eigenvalue weighted by Gasteiger charge is -2.20. The zero-order valence-electron chi connectivity index (χ0n) is 14.7. The Morgan fingerprint density at radius 3 is 2.48 bits per heavy atom. The fourth-order valence-corrected chi connectivity index (χ4v) is 2.78. The lowest BCUT2D eigenvalue weighted by Crippen LogP contribution is -2.30. The number of rotatable bonds is 5. The highest BCUT2D eigenvalue weighted by Gasteiger charge is 2.33. The van der Waals surface area contributed by atoms with Crippen LogP contribution in [0.25, 0.3) is 6.08 Å². The minimum atomic E-state index is -0.375. The van der Waals surface area contributed by atoms with E-state index in [2.05, 4.69) is 15.1 Å². The molecular formula is C18H20N4O3. The smallest absolute Gasteiger partial charge is 0.299 e. The molecule has 0 saturated carbocycles. The van der Waals surface area contributed by atoms with Crippen molar-refractivity contribution < 1.29 is 14.3 Å². The number of hydrogen-bond donors (Lipinski definition) is 0. The molecule has 1 aromatic rings. The van der Waals surface area contributed by atoms with E-state index in [1.165, 1.54) is 5.01 Å². The molecule has 7 heteroatoms. The van der Waals surface area contributed by atoms with Gasteiger partial charge in [0.05, 0.1) is 25.6 Å². The van der Waals surface area contributed by atoms with Crippen LogP contribution in [0.2, 0.25) is 0 Å². The number of para-hydroxylation sites is 1. The van der Waals surface area contributed by atoms with Crippen LogP contribution in [0.3, 0.4) is 0 Å². The Labute approximate surface area is 146 Å². The predicted octanol–water partition coefficient (Wildman–Crippen LogP) is 2.87. The minimum Gasteiger partial charge on any atom is -0.493 e. The molecule has 2 heterocycles. The maximum atomic E-state index is 12.4. The molecule has 0 saturated heterocycles. The summed E-state index contributed by atoms with van der Waals surface area (Å²) in [4.78, 5) is 20.9. The summed E-state index contributed by atoms with van der Waals surface area (Å²) in [6, 6.07) is 5.47. The monoisotopic (exact) mass is 340 g/mol. The molecule has 0 fully saturated rings. The Morgan fingerprint density at radius 2 is 1.84 bits per heavy atom. The molecule has 0 spiro atoms. The van der Waals surface area contributed by atoms with E-state index in [1.54, 1.807) is 26.4 Å². The van der Waals surface area contributed by atoms with E-state index in [9.17, 15) is 4.79 Å². The summed E-state index contributed by atoms with van der Waals surface area (Å²) in [7, 11) is 3.13. The van der Waals surface area contributed by atoms with Gasteiger partial charge in [0.2, 0.25) is 0 Å². The Hall–Kier alpha value is -2.96. The van der Waals surface area contributed by atoms with Gasteiger partial charge in [0.1, 0.15) is 5.70 Å². The van der Waals surface area contributed by atoms with E-state index in [1.807, 2.05) is 26.0 Å². The summed E-state index contributed by atoms with van der Waals surface area (Å²) >= 11 is 0. The van der Waals surface area contributed by atoms with Crippen molar-refractivity contribution in [3.63, 3.8) is 0 Å². The highest BCUT2D eigenvalue weighted by molar-refractivity contribution is 6.45. The Kier molecular flexibility index (Phi) is 4.65. The SMILES string of the molecule is CCC1=NC2=NC(=O)C(=Cc3cccc(OC)c3OC)N2N=C1CC. The number of hydrazone groups is 1. The van der Waals surface area contributed by atoms with E-state index < -0.39 is 0 Å². The molecule has 0 N–H and O–H groups in total. The first kappa shape index (κ1) is 16.9. The number of guanidine groups is 1. The first-order chi connectivity index (χ1) is 12.1. The third kappa shape index (κ3) is 2.93. The molecule has 0 atom stereocenters. The second-order valence-corrected chi connectivity index (χ2v) is 5.45. The van der Waals surface area contributed by atoms with Crippen molar-refractivity contribution in [2.75, 3.05) is 14.2 Å². The van der Waals surface area contributed by atoms with Crippen molar-refractivity contribution >= 4 is 29.4 Å². The molecule has 7 nitrogen and oxygen atoms in total. The van der Waals surface area contributed by atoms with Gasteiger partial charge in [-0.3, -0.25) is 4.79 Å². The number of ether oxygens (including phenoxy) is 2. The van der Waals surface area contributed by atoms with Gasteiger partial charge < -0.3 is 9.47 Å². The number of amides is 1. The van der Waals surface area contributed by atoms with Crippen LogP contribution >= 0.6 is 0 Å². The predicted molar refractivity (Wildman–Crippen MR) is 97.3 cm³/mol. The Balaban J connectivity index is 2.06. The average Bonchev–Trinajstić information content (AvgIpc) is 2.94. The van der Waals surface area contributed by atoms with Crippen LogP contribution < -0.4 is 9.47 Å². The third-order valence-electron chi connectivity index (χ3n) is 4.02. The van der Waals surface area contributed by atoms with Crippen molar-refractivity contribution in [3.8, 4) is 11.5 Å². The highest BCUT2D eigenvalue weighted by atomic mass is 16.5. The van der Waals surface area contributed by atoms with Gasteiger partial charge in [0, 0.05) is 5.56 Å². The van der Waals surface area contributed by atoms with Gasteiger partial charge in [0.25, 0.3) is 11.9 Å². The number of hydrogen-bond acceptors (Lipinski definition) is 6. The minimum absolute atomic E-state index is 0.312. The van der Waals surface area contributed by atoms with Crippen LogP contribution in [-0.4, -0.2) is 42.5 Å². The lowest BCUT2D eigenvalue weighted by atomic mass is 10.1. The van der Waals surface area contributed by atoms with Crippen LogP contribution in [0, 0.1) is 0 Å². The van der Waals surface area contributed by atoms with Crippen LogP contribution in [0.4, 0.5) is 0 Å². The van der Waals surface area contributed by atoms with E-state index in [0.29, 0.717) is 28.7 Å². The van der Waals surface area contributed by atoms with Gasteiger partial charge >= 0.3 is 0 Å². The number of fused-ring (bicyclic) bond motifs is 1. The average molecular weight is 340 g/mol. The second kappa shape index (κ2) is 6.88. The van der Waals surface area contributed by atoms with Crippen molar-refractivity contribution in [2.24, 2.45) is 15.1 Å². The fraction of sp³-hybridized carbons (Fsp3) is 0.333. The van der Waals surface area contributed by atoms with Crippen LogP contribution in [0.5, 0.6) is 11.5 Å². The molecule has 1 amide bonds. The summed E-state index contributed by atoms with van der Waals surface area (Å²) in [5.74, 6) is 1.08. The molecule has 0 radical (unpaired) electrons. The molecule has 130 valence electrons. The normalized spacial score (nSPS) is 17.9. The lowest BCUT2D eigenvalue weighted by molar-refractivity contribution is -0.114. The van der Waals surface area contributed by atoms with E-state index in [-0.39, 0.29) is 5.91 Å².